The van der Waals surface area contributed by atoms with Crippen LogP contribution in [0.15, 0.2) is 53.4 Å². The molecule has 0 atom stereocenters. The number of rotatable bonds is 3. The Morgan fingerprint density at radius 2 is 1.60 bits per heavy atom. The van der Waals surface area contributed by atoms with Crippen molar-refractivity contribution in [2.45, 2.75) is 37.1 Å². The number of fused-ring (bicyclic) bond motifs is 1. The second-order valence-electron chi connectivity index (χ2n) is 8.12. The van der Waals surface area contributed by atoms with E-state index in [9.17, 15) is 13.2 Å². The number of benzene rings is 2. The molecule has 0 N–H and O–H groups in total. The number of sulfonamides is 1. The smallest absolute Gasteiger partial charge is 0.254 e. The molecule has 2 heterocycles. The Kier molecular flexibility index (Phi) is 6.11. The molecular formula is C23H29N3O3S. The average Bonchev–Trinajstić information content (AvgIpc) is 3.14. The van der Waals surface area contributed by atoms with Crippen LogP contribution in [0.25, 0.3) is 0 Å². The normalized spacial score (nSPS) is 18.4. The lowest BCUT2D eigenvalue weighted by Crippen LogP contribution is -2.35. The van der Waals surface area contributed by atoms with E-state index >= 15 is 0 Å². The SMILES string of the molecule is CN1CCN(C(=O)c2cccc(S(=O)(=O)N3CCCCCC3)c2)Cc2ccccc21. The summed E-state index contributed by atoms with van der Waals surface area (Å²) in [5, 5.41) is 0. The van der Waals surface area contributed by atoms with Crippen LogP contribution in [0.4, 0.5) is 5.69 Å². The van der Waals surface area contributed by atoms with Crippen molar-refractivity contribution < 1.29 is 13.2 Å². The summed E-state index contributed by atoms with van der Waals surface area (Å²) in [5.41, 5.74) is 2.65. The first-order valence-electron chi connectivity index (χ1n) is 10.7. The first kappa shape index (κ1) is 20.9. The van der Waals surface area contributed by atoms with Crippen molar-refractivity contribution in [1.82, 2.24) is 9.21 Å². The minimum Gasteiger partial charge on any atom is -0.373 e. The van der Waals surface area contributed by atoms with Gasteiger partial charge in [0.15, 0.2) is 0 Å². The number of hydrogen-bond acceptors (Lipinski definition) is 4. The maximum absolute atomic E-state index is 13.3. The number of amides is 1. The fourth-order valence-corrected chi connectivity index (χ4v) is 5.83. The topological polar surface area (TPSA) is 60.9 Å². The molecule has 0 radical (unpaired) electrons. The molecule has 2 aromatic rings. The van der Waals surface area contributed by atoms with Gasteiger partial charge in [-0.3, -0.25) is 4.79 Å². The predicted octanol–water partition coefficient (Wildman–Crippen LogP) is 3.34. The molecular weight excluding hydrogens is 398 g/mol. The van der Waals surface area contributed by atoms with Crippen LogP contribution >= 0.6 is 0 Å². The lowest BCUT2D eigenvalue weighted by molar-refractivity contribution is 0.0751. The van der Waals surface area contributed by atoms with E-state index in [4.69, 9.17) is 0 Å². The fraction of sp³-hybridized carbons (Fsp3) is 0.435. The van der Waals surface area contributed by atoms with Gasteiger partial charge in [0.25, 0.3) is 5.91 Å². The molecule has 2 aromatic carbocycles. The summed E-state index contributed by atoms with van der Waals surface area (Å²) in [5.74, 6) is -0.131. The van der Waals surface area contributed by atoms with Gasteiger partial charge in [0.2, 0.25) is 10.0 Å². The van der Waals surface area contributed by atoms with E-state index < -0.39 is 10.0 Å². The Balaban J connectivity index is 1.58. The lowest BCUT2D eigenvalue weighted by atomic mass is 10.1. The van der Waals surface area contributed by atoms with Crippen molar-refractivity contribution in [3.8, 4) is 0 Å². The summed E-state index contributed by atoms with van der Waals surface area (Å²) in [6, 6.07) is 14.6. The maximum atomic E-state index is 13.3. The molecule has 7 heteroatoms. The molecule has 1 fully saturated rings. The number of carbonyl (C=O) groups is 1. The highest BCUT2D eigenvalue weighted by atomic mass is 32.2. The van der Waals surface area contributed by atoms with Gasteiger partial charge < -0.3 is 9.80 Å². The Morgan fingerprint density at radius 1 is 0.867 bits per heavy atom. The second-order valence-corrected chi connectivity index (χ2v) is 10.1. The molecule has 160 valence electrons. The number of carbonyl (C=O) groups excluding carboxylic acids is 1. The van der Waals surface area contributed by atoms with Crippen molar-refractivity contribution in [2.75, 3.05) is 38.1 Å². The van der Waals surface area contributed by atoms with Gasteiger partial charge in [-0.1, -0.05) is 37.1 Å². The molecule has 30 heavy (non-hydrogen) atoms. The molecule has 0 saturated carbocycles. The van der Waals surface area contributed by atoms with Gasteiger partial charge in [-0.05, 0) is 42.7 Å². The molecule has 0 aromatic heterocycles. The van der Waals surface area contributed by atoms with Crippen LogP contribution in [0, 0.1) is 0 Å². The second kappa shape index (κ2) is 8.78. The molecule has 1 saturated heterocycles. The van der Waals surface area contributed by atoms with Crippen LogP contribution in [-0.2, 0) is 16.6 Å². The Hall–Kier alpha value is -2.38. The van der Waals surface area contributed by atoms with Crippen LogP contribution in [0.2, 0.25) is 0 Å². The van der Waals surface area contributed by atoms with Crippen molar-refractivity contribution in [3.63, 3.8) is 0 Å². The molecule has 2 aliphatic rings. The molecule has 6 nitrogen and oxygen atoms in total. The molecule has 0 unspecified atom stereocenters. The van der Waals surface area contributed by atoms with E-state index in [2.05, 4.69) is 11.0 Å². The van der Waals surface area contributed by atoms with Gasteiger partial charge in [-0.25, -0.2) is 8.42 Å². The molecule has 1 amide bonds. The molecule has 0 bridgehead atoms. The van der Waals surface area contributed by atoms with Crippen LogP contribution in [0.5, 0.6) is 0 Å². The third kappa shape index (κ3) is 4.23. The summed E-state index contributed by atoms with van der Waals surface area (Å²) >= 11 is 0. The van der Waals surface area contributed by atoms with Gasteiger partial charge in [-0.2, -0.15) is 4.31 Å². The first-order chi connectivity index (χ1) is 14.5. The van der Waals surface area contributed by atoms with Crippen LogP contribution in [-0.4, -0.2) is 56.8 Å². The Labute approximate surface area is 179 Å². The highest BCUT2D eigenvalue weighted by Gasteiger charge is 2.27. The zero-order valence-corrected chi connectivity index (χ0v) is 18.3. The summed E-state index contributed by atoms with van der Waals surface area (Å²) in [7, 11) is -1.55. The Bertz CT molecular complexity index is 1010. The van der Waals surface area contributed by atoms with Crippen molar-refractivity contribution in [2.24, 2.45) is 0 Å². The van der Waals surface area contributed by atoms with Crippen molar-refractivity contribution in [3.05, 3.63) is 59.7 Å². The highest BCUT2D eigenvalue weighted by molar-refractivity contribution is 7.89. The molecule has 0 spiro atoms. The predicted molar refractivity (Wildman–Crippen MR) is 118 cm³/mol. The number of para-hydroxylation sites is 1. The maximum Gasteiger partial charge on any atom is 0.254 e. The lowest BCUT2D eigenvalue weighted by Gasteiger charge is -2.22. The van der Waals surface area contributed by atoms with Gasteiger partial charge >= 0.3 is 0 Å². The van der Waals surface area contributed by atoms with Crippen LogP contribution < -0.4 is 4.90 Å². The van der Waals surface area contributed by atoms with E-state index in [0.717, 1.165) is 43.5 Å². The summed E-state index contributed by atoms with van der Waals surface area (Å²) < 4.78 is 27.9. The van der Waals surface area contributed by atoms with E-state index in [1.807, 2.05) is 25.2 Å². The minimum absolute atomic E-state index is 0.131. The minimum atomic E-state index is -3.58. The number of likely N-dealkylation sites (N-methyl/N-ethyl adjacent to an activating group) is 1. The van der Waals surface area contributed by atoms with Crippen LogP contribution in [0.1, 0.15) is 41.6 Å². The molecule has 2 aliphatic heterocycles. The van der Waals surface area contributed by atoms with Gasteiger partial charge in [-0.15, -0.1) is 0 Å². The highest BCUT2D eigenvalue weighted by Crippen LogP contribution is 2.26. The number of hydrogen-bond donors (Lipinski definition) is 0. The monoisotopic (exact) mass is 427 g/mol. The van der Waals surface area contributed by atoms with E-state index in [1.54, 1.807) is 33.5 Å². The van der Waals surface area contributed by atoms with Gasteiger partial charge in [0.05, 0.1) is 4.90 Å². The average molecular weight is 428 g/mol. The molecule has 0 aliphatic carbocycles. The molecule has 4 rings (SSSR count). The van der Waals surface area contributed by atoms with Crippen molar-refractivity contribution >= 4 is 21.6 Å². The van der Waals surface area contributed by atoms with Gasteiger partial charge in [0, 0.05) is 51.0 Å². The third-order valence-electron chi connectivity index (χ3n) is 6.04. The summed E-state index contributed by atoms with van der Waals surface area (Å²) in [6.45, 7) is 2.94. The standard InChI is InChI=1S/C23H29N3O3S/c1-24-15-16-25(18-20-9-4-5-12-22(20)24)23(27)19-10-8-11-21(17-19)30(28,29)26-13-6-2-3-7-14-26/h4-5,8-12,17H,2-3,6-7,13-16,18H2,1H3. The van der Waals surface area contributed by atoms with E-state index in [1.165, 1.54) is 0 Å². The zero-order chi connectivity index (χ0) is 21.1. The largest absolute Gasteiger partial charge is 0.373 e. The first-order valence-corrected chi connectivity index (χ1v) is 12.1. The van der Waals surface area contributed by atoms with Gasteiger partial charge in [0.1, 0.15) is 0 Å². The number of nitrogens with zero attached hydrogens (tertiary/aromatic N) is 3. The van der Waals surface area contributed by atoms with E-state index in [0.29, 0.717) is 31.7 Å². The summed E-state index contributed by atoms with van der Waals surface area (Å²) in [6.07, 6.45) is 3.90. The number of anilines is 1. The third-order valence-corrected chi connectivity index (χ3v) is 7.94. The quantitative estimate of drug-likeness (QED) is 0.754. The zero-order valence-electron chi connectivity index (χ0n) is 17.5. The van der Waals surface area contributed by atoms with Crippen LogP contribution in [0.3, 0.4) is 0 Å². The Morgan fingerprint density at radius 3 is 2.37 bits per heavy atom. The summed E-state index contributed by atoms with van der Waals surface area (Å²) in [4.78, 5) is 17.5. The van der Waals surface area contributed by atoms with Crippen molar-refractivity contribution in [1.29, 1.82) is 0 Å². The fourth-order valence-electron chi connectivity index (χ4n) is 4.27. The van der Waals surface area contributed by atoms with E-state index in [-0.39, 0.29) is 10.8 Å².